The van der Waals surface area contributed by atoms with Crippen LogP contribution in [0.15, 0.2) is 66.2 Å². The molecule has 36 heavy (non-hydrogen) atoms. The Balaban J connectivity index is 1.71. The maximum Gasteiger partial charge on any atom is 0.266 e. The van der Waals surface area contributed by atoms with Crippen molar-refractivity contribution >= 4 is 40.9 Å². The quantitative estimate of drug-likeness (QED) is 0.219. The maximum absolute atomic E-state index is 12.5. The van der Waals surface area contributed by atoms with E-state index in [1.165, 1.54) is 49.6 Å². The third-order valence-electron chi connectivity index (χ3n) is 4.77. The zero-order valence-electron chi connectivity index (χ0n) is 19.4. The highest BCUT2D eigenvalue weighted by molar-refractivity contribution is 6.32. The van der Waals surface area contributed by atoms with Gasteiger partial charge in [0.05, 0.1) is 19.2 Å². The average Bonchev–Trinajstić information content (AvgIpc) is 2.88. The molecule has 0 saturated heterocycles. The van der Waals surface area contributed by atoms with Crippen molar-refractivity contribution in [2.75, 3.05) is 31.5 Å². The molecule has 0 aliphatic heterocycles. The molecule has 3 N–H and O–H groups in total. The first-order valence-corrected chi connectivity index (χ1v) is 10.9. The molecule has 9 nitrogen and oxygen atoms in total. The van der Waals surface area contributed by atoms with Crippen LogP contribution in [0.4, 0.5) is 11.4 Å². The minimum Gasteiger partial charge on any atom is -0.508 e. The van der Waals surface area contributed by atoms with Crippen molar-refractivity contribution < 1.29 is 28.9 Å². The number of carbonyl (C=O) groups is 2. The molecule has 2 amide bonds. The molecule has 0 fully saturated rings. The molecule has 3 aromatic rings. The molecule has 184 valence electrons. The average molecular weight is 508 g/mol. The molecule has 3 aromatic carbocycles. The van der Waals surface area contributed by atoms with Gasteiger partial charge in [0, 0.05) is 11.4 Å². The standard InChI is InChI=1S/C26H22ClN3O6/c1-34-21-9-5-18(6-10-21)29-24(32)15-36-25-22(27)12-16(13-23(25)35-2)11-17(14-28)26(33)30-19-3-7-20(31)8-4-19/h3-13,31H,15H2,1-2H3,(H,29,32)(H,30,33)/b17-11+. The molecule has 0 unspecified atom stereocenters. The lowest BCUT2D eigenvalue weighted by atomic mass is 10.1. The van der Waals surface area contributed by atoms with E-state index < -0.39 is 11.8 Å². The van der Waals surface area contributed by atoms with Crippen molar-refractivity contribution in [1.29, 1.82) is 5.26 Å². The summed E-state index contributed by atoms with van der Waals surface area (Å²) in [6, 6.07) is 17.5. The molecule has 0 radical (unpaired) electrons. The number of nitrogens with one attached hydrogen (secondary N) is 2. The summed E-state index contributed by atoms with van der Waals surface area (Å²) in [5.41, 5.74) is 1.20. The summed E-state index contributed by atoms with van der Waals surface area (Å²) in [7, 11) is 2.94. The fraction of sp³-hybridized carbons (Fsp3) is 0.115. The van der Waals surface area contributed by atoms with Crippen molar-refractivity contribution in [3.8, 4) is 29.1 Å². The number of halogens is 1. The van der Waals surface area contributed by atoms with Gasteiger partial charge in [0.15, 0.2) is 18.1 Å². The summed E-state index contributed by atoms with van der Waals surface area (Å²) < 4.78 is 16.0. The summed E-state index contributed by atoms with van der Waals surface area (Å²) in [4.78, 5) is 24.8. The minimum atomic E-state index is -0.645. The van der Waals surface area contributed by atoms with Gasteiger partial charge in [0.25, 0.3) is 11.8 Å². The Morgan fingerprint density at radius 2 is 1.64 bits per heavy atom. The van der Waals surface area contributed by atoms with Crippen molar-refractivity contribution in [2.24, 2.45) is 0 Å². The van der Waals surface area contributed by atoms with Crippen LogP contribution in [0, 0.1) is 11.3 Å². The highest BCUT2D eigenvalue weighted by atomic mass is 35.5. The Hall–Kier alpha value is -4.68. The zero-order chi connectivity index (χ0) is 26.1. The van der Waals surface area contributed by atoms with Crippen molar-refractivity contribution in [3.05, 3.63) is 76.8 Å². The van der Waals surface area contributed by atoms with Crippen LogP contribution < -0.4 is 24.8 Å². The van der Waals surface area contributed by atoms with E-state index in [9.17, 15) is 20.0 Å². The van der Waals surface area contributed by atoms with E-state index in [1.54, 1.807) is 31.4 Å². The number of carbonyl (C=O) groups excluding carboxylic acids is 2. The highest BCUT2D eigenvalue weighted by Gasteiger charge is 2.16. The van der Waals surface area contributed by atoms with E-state index >= 15 is 0 Å². The summed E-state index contributed by atoms with van der Waals surface area (Å²) in [6.07, 6.45) is 1.34. The molecule has 3 rings (SSSR count). The van der Waals surface area contributed by atoms with E-state index in [-0.39, 0.29) is 34.5 Å². The van der Waals surface area contributed by atoms with E-state index in [0.29, 0.717) is 22.7 Å². The molecular weight excluding hydrogens is 486 g/mol. The lowest BCUT2D eigenvalue weighted by Gasteiger charge is -2.14. The Kier molecular flexibility index (Phi) is 8.75. The highest BCUT2D eigenvalue weighted by Crippen LogP contribution is 2.37. The molecule has 0 spiro atoms. The predicted molar refractivity (Wildman–Crippen MR) is 135 cm³/mol. The Labute approximate surface area is 212 Å². The molecule has 0 aliphatic carbocycles. The number of anilines is 2. The first-order chi connectivity index (χ1) is 17.3. The second kappa shape index (κ2) is 12.1. The monoisotopic (exact) mass is 507 g/mol. The summed E-state index contributed by atoms with van der Waals surface area (Å²) in [5.74, 6) is -0.0113. The number of aromatic hydroxyl groups is 1. The second-order valence-corrected chi connectivity index (χ2v) is 7.68. The van der Waals surface area contributed by atoms with Gasteiger partial charge in [-0.05, 0) is 72.3 Å². The van der Waals surface area contributed by atoms with Crippen molar-refractivity contribution in [2.45, 2.75) is 0 Å². The van der Waals surface area contributed by atoms with Crippen LogP contribution in [-0.4, -0.2) is 37.7 Å². The van der Waals surface area contributed by atoms with Gasteiger partial charge in [-0.1, -0.05) is 11.6 Å². The van der Waals surface area contributed by atoms with Crippen molar-refractivity contribution in [3.63, 3.8) is 0 Å². The lowest BCUT2D eigenvalue weighted by Crippen LogP contribution is -2.20. The number of rotatable bonds is 9. The molecule has 0 heterocycles. The van der Waals surface area contributed by atoms with E-state index in [4.69, 9.17) is 25.8 Å². The van der Waals surface area contributed by atoms with Gasteiger partial charge in [-0.15, -0.1) is 0 Å². The van der Waals surface area contributed by atoms with E-state index in [0.717, 1.165) is 0 Å². The topological polar surface area (TPSA) is 130 Å². The molecule has 0 bridgehead atoms. The number of benzene rings is 3. The maximum atomic E-state index is 12.5. The van der Waals surface area contributed by atoms with Gasteiger partial charge in [-0.2, -0.15) is 5.26 Å². The van der Waals surface area contributed by atoms with E-state index in [2.05, 4.69) is 10.6 Å². The molecule has 10 heteroatoms. The van der Waals surface area contributed by atoms with Crippen molar-refractivity contribution in [1.82, 2.24) is 0 Å². The fourth-order valence-electron chi connectivity index (χ4n) is 3.03. The zero-order valence-corrected chi connectivity index (χ0v) is 20.1. The van der Waals surface area contributed by atoms with Gasteiger partial charge in [0.1, 0.15) is 23.1 Å². The van der Waals surface area contributed by atoms with Crippen LogP contribution in [0.5, 0.6) is 23.0 Å². The Bertz CT molecular complexity index is 1320. The molecule has 0 saturated carbocycles. The van der Waals surface area contributed by atoms with Gasteiger partial charge < -0.3 is 30.0 Å². The number of nitriles is 1. The first kappa shape index (κ1) is 25.9. The number of nitrogens with zero attached hydrogens (tertiary/aromatic N) is 1. The largest absolute Gasteiger partial charge is 0.508 e. The van der Waals surface area contributed by atoms with Crippen LogP contribution in [0.1, 0.15) is 5.56 Å². The van der Waals surface area contributed by atoms with E-state index in [1.807, 2.05) is 6.07 Å². The molecular formula is C26H22ClN3O6. The third kappa shape index (κ3) is 6.91. The second-order valence-electron chi connectivity index (χ2n) is 7.27. The van der Waals surface area contributed by atoms with Crippen LogP contribution in [0.25, 0.3) is 6.08 Å². The number of ether oxygens (including phenoxy) is 3. The molecule has 0 atom stereocenters. The van der Waals surface area contributed by atoms with Gasteiger partial charge in [0.2, 0.25) is 0 Å². The number of phenolic OH excluding ortho intramolecular Hbond substituents is 1. The first-order valence-electron chi connectivity index (χ1n) is 10.5. The SMILES string of the molecule is COc1ccc(NC(=O)COc2c(Cl)cc(/C=C(\C#N)C(=O)Nc3ccc(O)cc3)cc2OC)cc1. The van der Waals surface area contributed by atoms with Crippen LogP contribution in [0.3, 0.4) is 0 Å². The minimum absolute atomic E-state index is 0.0475. The van der Waals surface area contributed by atoms with Gasteiger partial charge >= 0.3 is 0 Å². The van der Waals surface area contributed by atoms with Gasteiger partial charge in [-0.3, -0.25) is 9.59 Å². The van der Waals surface area contributed by atoms with Crippen LogP contribution >= 0.6 is 11.6 Å². The van der Waals surface area contributed by atoms with Crippen LogP contribution in [-0.2, 0) is 9.59 Å². The smallest absolute Gasteiger partial charge is 0.266 e. The summed E-state index contributed by atoms with van der Waals surface area (Å²) in [6.45, 7) is -0.338. The molecule has 0 aliphatic rings. The Morgan fingerprint density at radius 3 is 2.25 bits per heavy atom. The number of amides is 2. The summed E-state index contributed by atoms with van der Waals surface area (Å²) in [5, 5.41) is 24.2. The Morgan fingerprint density at radius 1 is 1.00 bits per heavy atom. The fourth-order valence-corrected chi connectivity index (χ4v) is 3.30. The molecule has 0 aromatic heterocycles. The summed E-state index contributed by atoms with van der Waals surface area (Å²) >= 11 is 6.35. The normalized spacial score (nSPS) is 10.7. The van der Waals surface area contributed by atoms with Crippen LogP contribution in [0.2, 0.25) is 5.02 Å². The number of hydrogen-bond donors (Lipinski definition) is 3. The predicted octanol–water partition coefficient (Wildman–Crippen LogP) is 4.63. The number of phenols is 1. The number of methoxy groups -OCH3 is 2. The lowest BCUT2D eigenvalue weighted by molar-refractivity contribution is -0.118. The third-order valence-corrected chi connectivity index (χ3v) is 5.06. The number of hydrogen-bond acceptors (Lipinski definition) is 7. The van der Waals surface area contributed by atoms with Gasteiger partial charge in [-0.25, -0.2) is 0 Å².